The molecule has 6 nitrogen and oxygen atoms in total. The van der Waals surface area contributed by atoms with Crippen LogP contribution in [0.2, 0.25) is 0 Å². The average molecular weight is 425 g/mol. The van der Waals surface area contributed by atoms with Crippen molar-refractivity contribution in [2.45, 2.75) is 26.2 Å². The summed E-state index contributed by atoms with van der Waals surface area (Å²) in [5.74, 6) is 0.787. The fourth-order valence-corrected chi connectivity index (χ4v) is 3.51. The van der Waals surface area contributed by atoms with E-state index in [1.165, 1.54) is 12.1 Å². The van der Waals surface area contributed by atoms with Crippen LogP contribution in [0.3, 0.4) is 0 Å². The lowest BCUT2D eigenvalue weighted by Gasteiger charge is -2.16. The number of nitrogens with zero attached hydrogens (tertiary/aromatic N) is 2. The number of pyridine rings is 1. The quantitative estimate of drug-likeness (QED) is 0.464. The highest BCUT2D eigenvalue weighted by Crippen LogP contribution is 2.30. The number of halogens is 2. The van der Waals surface area contributed by atoms with Crippen LogP contribution in [-0.4, -0.2) is 28.3 Å². The van der Waals surface area contributed by atoms with E-state index in [2.05, 4.69) is 4.98 Å². The molecule has 0 aliphatic carbocycles. The molecule has 0 amide bonds. The zero-order valence-electron chi connectivity index (χ0n) is 17.0. The van der Waals surface area contributed by atoms with E-state index in [1.807, 2.05) is 29.7 Å². The zero-order valence-corrected chi connectivity index (χ0v) is 17.0. The monoisotopic (exact) mass is 425 g/mol. The van der Waals surface area contributed by atoms with E-state index >= 15 is 0 Å². The maximum absolute atomic E-state index is 12.9. The van der Waals surface area contributed by atoms with Gasteiger partial charge in [-0.2, -0.15) is 8.78 Å². The number of fused-ring (bicyclic) bond motifs is 1. The molecular weight excluding hydrogens is 404 g/mol. The molecule has 0 spiro atoms. The molecular formula is C23H21F2N3O3. The summed E-state index contributed by atoms with van der Waals surface area (Å²) in [4.78, 5) is 18.8. The fourth-order valence-electron chi connectivity index (χ4n) is 3.51. The van der Waals surface area contributed by atoms with E-state index in [-0.39, 0.29) is 24.0 Å². The Morgan fingerprint density at radius 3 is 2.58 bits per heavy atom. The molecule has 0 aliphatic heterocycles. The number of rotatable bonds is 7. The molecule has 1 N–H and O–H groups in total. The van der Waals surface area contributed by atoms with Crippen molar-refractivity contribution in [3.05, 3.63) is 82.5 Å². The Bertz CT molecular complexity index is 1250. The number of methoxy groups -OCH3 is 1. The standard InChI is InChI=1S/C23H21F2N3O3/c1-14(30-2)22-27-18-9-7-15(16-8-10-21(29)26-12-16)11-19(18)28(22)13-17-5-3-4-6-20(17)31-23(24)25/h3-12,14,23H,13H2,1-2H3,(H,26,29)/t14-/m1/s1. The first-order chi connectivity index (χ1) is 15.0. The van der Waals surface area contributed by atoms with Crippen molar-refractivity contribution < 1.29 is 18.3 Å². The summed E-state index contributed by atoms with van der Waals surface area (Å²) in [6.45, 7) is -0.760. The molecule has 0 saturated heterocycles. The van der Waals surface area contributed by atoms with Gasteiger partial charge in [-0.1, -0.05) is 24.3 Å². The summed E-state index contributed by atoms with van der Waals surface area (Å²) < 4.78 is 37.9. The van der Waals surface area contributed by atoms with Crippen LogP contribution in [0.15, 0.2) is 65.6 Å². The van der Waals surface area contributed by atoms with Crippen LogP contribution in [0, 0.1) is 0 Å². The van der Waals surface area contributed by atoms with E-state index in [4.69, 9.17) is 14.5 Å². The molecule has 1 atom stereocenters. The van der Waals surface area contributed by atoms with Gasteiger partial charge in [0, 0.05) is 24.9 Å². The second-order valence-corrected chi connectivity index (χ2v) is 7.07. The largest absolute Gasteiger partial charge is 0.434 e. The first-order valence-electron chi connectivity index (χ1n) is 9.71. The molecule has 2 heterocycles. The minimum absolute atomic E-state index is 0.118. The van der Waals surface area contributed by atoms with Gasteiger partial charge in [-0.15, -0.1) is 0 Å². The highest BCUT2D eigenvalue weighted by atomic mass is 19.3. The van der Waals surface area contributed by atoms with Gasteiger partial charge in [-0.25, -0.2) is 4.98 Å². The van der Waals surface area contributed by atoms with Crippen molar-refractivity contribution in [2.24, 2.45) is 0 Å². The number of hydrogen-bond acceptors (Lipinski definition) is 4. The minimum atomic E-state index is -2.91. The highest BCUT2D eigenvalue weighted by molar-refractivity contribution is 5.82. The summed E-state index contributed by atoms with van der Waals surface area (Å²) in [6, 6.07) is 15.7. The summed E-state index contributed by atoms with van der Waals surface area (Å²) >= 11 is 0. The topological polar surface area (TPSA) is 69.1 Å². The van der Waals surface area contributed by atoms with Crippen LogP contribution in [0.25, 0.3) is 22.2 Å². The SMILES string of the molecule is CO[C@H](C)c1nc2ccc(-c3ccc(=O)[nH]c3)cc2n1Cc1ccccc1OC(F)F. The van der Waals surface area contributed by atoms with Gasteiger partial charge in [0.2, 0.25) is 5.56 Å². The van der Waals surface area contributed by atoms with E-state index in [1.54, 1.807) is 37.6 Å². The Balaban J connectivity index is 1.84. The van der Waals surface area contributed by atoms with Crippen LogP contribution in [0.5, 0.6) is 5.75 Å². The van der Waals surface area contributed by atoms with Crippen LogP contribution in [0.1, 0.15) is 24.4 Å². The predicted octanol–water partition coefficient (Wildman–Crippen LogP) is 4.75. The Labute approximate surface area is 177 Å². The molecule has 0 bridgehead atoms. The molecule has 0 unspecified atom stereocenters. The maximum atomic E-state index is 12.9. The van der Waals surface area contributed by atoms with Gasteiger partial charge in [0.1, 0.15) is 17.7 Å². The van der Waals surface area contributed by atoms with Gasteiger partial charge < -0.3 is 19.0 Å². The van der Waals surface area contributed by atoms with Gasteiger partial charge in [0.15, 0.2) is 0 Å². The van der Waals surface area contributed by atoms with E-state index in [0.29, 0.717) is 11.4 Å². The van der Waals surface area contributed by atoms with Gasteiger partial charge in [0.05, 0.1) is 17.6 Å². The van der Waals surface area contributed by atoms with Crippen molar-refractivity contribution in [3.8, 4) is 16.9 Å². The van der Waals surface area contributed by atoms with Crippen molar-refractivity contribution in [2.75, 3.05) is 7.11 Å². The van der Waals surface area contributed by atoms with Gasteiger partial charge >= 0.3 is 6.61 Å². The number of para-hydroxylation sites is 1. The third kappa shape index (κ3) is 4.34. The van der Waals surface area contributed by atoms with E-state index < -0.39 is 6.61 Å². The summed E-state index contributed by atoms with van der Waals surface area (Å²) in [7, 11) is 1.59. The second kappa shape index (κ2) is 8.69. The third-order valence-corrected chi connectivity index (χ3v) is 5.13. The molecule has 8 heteroatoms. The first-order valence-corrected chi connectivity index (χ1v) is 9.71. The molecule has 0 saturated carbocycles. The smallest absolute Gasteiger partial charge is 0.387 e. The lowest BCUT2D eigenvalue weighted by molar-refractivity contribution is -0.0505. The molecule has 31 heavy (non-hydrogen) atoms. The van der Waals surface area contributed by atoms with Crippen molar-refractivity contribution in [3.63, 3.8) is 0 Å². The normalized spacial score (nSPS) is 12.4. The Morgan fingerprint density at radius 2 is 1.87 bits per heavy atom. The van der Waals surface area contributed by atoms with Crippen LogP contribution in [0.4, 0.5) is 8.78 Å². The lowest BCUT2D eigenvalue weighted by atomic mass is 10.1. The zero-order chi connectivity index (χ0) is 22.0. The Kier molecular flexibility index (Phi) is 5.81. The number of H-pyrrole nitrogens is 1. The van der Waals surface area contributed by atoms with Crippen molar-refractivity contribution in [1.29, 1.82) is 0 Å². The minimum Gasteiger partial charge on any atom is -0.434 e. The molecule has 4 aromatic rings. The highest BCUT2D eigenvalue weighted by Gasteiger charge is 2.19. The number of ether oxygens (including phenoxy) is 2. The van der Waals surface area contributed by atoms with Crippen molar-refractivity contribution in [1.82, 2.24) is 14.5 Å². The van der Waals surface area contributed by atoms with E-state index in [9.17, 15) is 13.6 Å². The molecule has 2 aromatic heterocycles. The van der Waals surface area contributed by atoms with Crippen LogP contribution in [-0.2, 0) is 11.3 Å². The van der Waals surface area contributed by atoms with Crippen LogP contribution >= 0.6 is 0 Å². The number of alkyl halides is 2. The fraction of sp³-hybridized carbons (Fsp3) is 0.217. The number of benzene rings is 2. The Hall–Kier alpha value is -3.52. The molecule has 160 valence electrons. The predicted molar refractivity (Wildman–Crippen MR) is 113 cm³/mol. The number of imidazole rings is 1. The number of aromatic amines is 1. The summed E-state index contributed by atoms with van der Waals surface area (Å²) in [5, 5.41) is 0. The maximum Gasteiger partial charge on any atom is 0.387 e. The molecule has 4 rings (SSSR count). The van der Waals surface area contributed by atoms with Gasteiger partial charge in [-0.05, 0) is 42.3 Å². The van der Waals surface area contributed by atoms with Crippen LogP contribution < -0.4 is 10.3 Å². The summed E-state index contributed by atoms with van der Waals surface area (Å²) in [5.41, 5.74) is 3.72. The molecule has 2 aromatic carbocycles. The summed E-state index contributed by atoms with van der Waals surface area (Å²) in [6.07, 6.45) is 1.33. The number of hydrogen-bond donors (Lipinski definition) is 1. The number of nitrogens with one attached hydrogen (secondary N) is 1. The van der Waals surface area contributed by atoms with Gasteiger partial charge in [-0.3, -0.25) is 4.79 Å². The second-order valence-electron chi connectivity index (χ2n) is 7.07. The van der Waals surface area contributed by atoms with E-state index in [0.717, 1.165) is 22.2 Å². The Morgan fingerprint density at radius 1 is 1.10 bits per heavy atom. The molecule has 0 fully saturated rings. The van der Waals surface area contributed by atoms with Gasteiger partial charge in [0.25, 0.3) is 0 Å². The van der Waals surface area contributed by atoms with Crippen molar-refractivity contribution >= 4 is 11.0 Å². The molecule has 0 radical (unpaired) electrons. The molecule has 0 aliphatic rings. The third-order valence-electron chi connectivity index (χ3n) is 5.13. The lowest BCUT2D eigenvalue weighted by Crippen LogP contribution is -2.11. The first kappa shape index (κ1) is 20.7. The average Bonchev–Trinajstić information content (AvgIpc) is 3.12. The number of aromatic nitrogens is 3.